The van der Waals surface area contributed by atoms with Crippen LogP contribution in [-0.4, -0.2) is 45.2 Å². The third-order valence-electron chi connectivity index (χ3n) is 4.39. The molecule has 0 spiro atoms. The molecular weight excluding hydrogens is 344 g/mol. The van der Waals surface area contributed by atoms with Gasteiger partial charge < -0.3 is 25.6 Å². The van der Waals surface area contributed by atoms with Crippen molar-refractivity contribution in [2.75, 3.05) is 43.5 Å². The maximum Gasteiger partial charge on any atom is 0.319 e. The molecule has 1 aliphatic rings. The number of nitrogens with one attached hydrogen (secondary N) is 3. The predicted molar refractivity (Wildman–Crippen MR) is 105 cm³/mol. The number of piperazine rings is 1. The number of methoxy groups -OCH3 is 1. The molecule has 0 aliphatic carbocycles. The lowest BCUT2D eigenvalue weighted by molar-refractivity contribution is -0.120. The van der Waals surface area contributed by atoms with E-state index in [0.29, 0.717) is 25.3 Å². The summed E-state index contributed by atoms with van der Waals surface area (Å²) in [7, 11) is 1.64. The highest BCUT2D eigenvalue weighted by atomic mass is 16.5. The van der Waals surface area contributed by atoms with E-state index in [9.17, 15) is 9.59 Å². The molecule has 3 rings (SSSR count). The zero-order valence-corrected chi connectivity index (χ0v) is 15.3. The molecule has 1 saturated heterocycles. The summed E-state index contributed by atoms with van der Waals surface area (Å²) in [5, 5.41) is 8.47. The normalized spacial score (nSPS) is 13.7. The van der Waals surface area contributed by atoms with Gasteiger partial charge in [-0.25, -0.2) is 4.79 Å². The van der Waals surface area contributed by atoms with Gasteiger partial charge in [-0.15, -0.1) is 0 Å². The second-order valence-electron chi connectivity index (χ2n) is 6.30. The minimum absolute atomic E-state index is 0.0275. The van der Waals surface area contributed by atoms with Gasteiger partial charge in [0.25, 0.3) is 0 Å². The predicted octanol–water partition coefficient (Wildman–Crippen LogP) is 2.00. The number of rotatable bonds is 6. The first-order valence-electron chi connectivity index (χ1n) is 8.93. The van der Waals surface area contributed by atoms with Crippen molar-refractivity contribution in [1.82, 2.24) is 10.6 Å². The first-order chi connectivity index (χ1) is 13.1. The van der Waals surface area contributed by atoms with E-state index in [1.807, 2.05) is 53.4 Å². The lowest BCUT2D eigenvalue weighted by atomic mass is 10.1. The molecule has 0 atom stereocenters. The van der Waals surface area contributed by atoms with Crippen LogP contribution in [0.2, 0.25) is 0 Å². The van der Waals surface area contributed by atoms with Gasteiger partial charge in [0.2, 0.25) is 5.91 Å². The lowest BCUT2D eigenvalue weighted by Gasteiger charge is -2.28. The quantitative estimate of drug-likeness (QED) is 0.728. The second kappa shape index (κ2) is 8.93. The number of carbonyl (C=O) groups excluding carboxylic acids is 2. The summed E-state index contributed by atoms with van der Waals surface area (Å²) in [6.07, 6.45) is 0.743. The van der Waals surface area contributed by atoms with Crippen LogP contribution in [0.4, 0.5) is 16.2 Å². The van der Waals surface area contributed by atoms with Gasteiger partial charge in [-0.2, -0.15) is 0 Å². The number of ether oxygens (including phenoxy) is 1. The monoisotopic (exact) mass is 368 g/mol. The molecule has 1 heterocycles. The molecule has 142 valence electrons. The van der Waals surface area contributed by atoms with E-state index in [2.05, 4.69) is 16.0 Å². The molecule has 3 N–H and O–H groups in total. The first kappa shape index (κ1) is 18.6. The zero-order valence-electron chi connectivity index (χ0n) is 15.3. The summed E-state index contributed by atoms with van der Waals surface area (Å²) < 4.78 is 5.13. The molecule has 0 bridgehead atoms. The van der Waals surface area contributed by atoms with Crippen molar-refractivity contribution in [3.8, 4) is 5.75 Å². The summed E-state index contributed by atoms with van der Waals surface area (Å²) in [5.41, 5.74) is 2.81. The number of urea groups is 1. The van der Waals surface area contributed by atoms with Crippen LogP contribution < -0.4 is 25.6 Å². The van der Waals surface area contributed by atoms with Gasteiger partial charge in [0, 0.05) is 31.0 Å². The Balaban J connectivity index is 1.44. The van der Waals surface area contributed by atoms with Crippen molar-refractivity contribution in [1.29, 1.82) is 0 Å². The maximum atomic E-state index is 12.0. The fourth-order valence-electron chi connectivity index (χ4n) is 2.90. The molecular formula is C20H24N4O3. The number of nitrogens with zero attached hydrogens (tertiary/aromatic N) is 1. The van der Waals surface area contributed by atoms with Gasteiger partial charge >= 0.3 is 6.03 Å². The van der Waals surface area contributed by atoms with E-state index in [1.54, 1.807) is 7.11 Å². The summed E-state index contributed by atoms with van der Waals surface area (Å²) in [4.78, 5) is 25.5. The molecule has 2 aromatic rings. The van der Waals surface area contributed by atoms with Crippen LogP contribution in [0.15, 0.2) is 48.5 Å². The molecule has 3 amide bonds. The van der Waals surface area contributed by atoms with Crippen LogP contribution in [0.5, 0.6) is 5.75 Å². The molecule has 0 radical (unpaired) electrons. The van der Waals surface area contributed by atoms with E-state index in [4.69, 9.17) is 4.74 Å². The van der Waals surface area contributed by atoms with Crippen LogP contribution in [0.3, 0.4) is 0 Å². The summed E-state index contributed by atoms with van der Waals surface area (Å²) in [6.45, 7) is 2.33. The summed E-state index contributed by atoms with van der Waals surface area (Å²) in [5.74, 6) is 0.845. The number of benzene rings is 2. The van der Waals surface area contributed by atoms with E-state index < -0.39 is 0 Å². The molecule has 7 nitrogen and oxygen atoms in total. The van der Waals surface area contributed by atoms with Crippen molar-refractivity contribution in [3.05, 3.63) is 54.1 Å². The van der Waals surface area contributed by atoms with Crippen molar-refractivity contribution in [3.63, 3.8) is 0 Å². The minimum atomic E-state index is -0.242. The highest BCUT2D eigenvalue weighted by Gasteiger charge is 2.16. The van der Waals surface area contributed by atoms with Crippen LogP contribution in [0.25, 0.3) is 0 Å². The third-order valence-corrected chi connectivity index (χ3v) is 4.39. The maximum absolute atomic E-state index is 12.0. The first-order valence-corrected chi connectivity index (χ1v) is 8.93. The average Bonchev–Trinajstić information content (AvgIpc) is 2.69. The SMILES string of the molecule is COc1ccc(CCNC(=O)Nc2ccc(N3CCNC(=O)C3)cc2)cc1. The fraction of sp³-hybridized carbons (Fsp3) is 0.300. The number of hydrogen-bond acceptors (Lipinski definition) is 4. The minimum Gasteiger partial charge on any atom is -0.497 e. The standard InChI is InChI=1S/C20H24N4O3/c1-27-18-8-2-15(3-9-18)10-11-22-20(26)23-16-4-6-17(7-5-16)24-13-12-21-19(25)14-24/h2-9H,10-14H2,1H3,(H,21,25)(H2,22,23,26). The third kappa shape index (κ3) is 5.37. The Morgan fingerprint density at radius 2 is 1.89 bits per heavy atom. The fourth-order valence-corrected chi connectivity index (χ4v) is 2.90. The van der Waals surface area contributed by atoms with Gasteiger partial charge in [0.15, 0.2) is 0 Å². The van der Waals surface area contributed by atoms with Gasteiger partial charge in [0.1, 0.15) is 5.75 Å². The Kier molecular flexibility index (Phi) is 6.14. The van der Waals surface area contributed by atoms with Crippen LogP contribution >= 0.6 is 0 Å². The van der Waals surface area contributed by atoms with Gasteiger partial charge in [-0.05, 0) is 48.4 Å². The summed E-state index contributed by atoms with van der Waals surface area (Å²) >= 11 is 0. The topological polar surface area (TPSA) is 82.7 Å². The zero-order chi connectivity index (χ0) is 19.1. The van der Waals surface area contributed by atoms with E-state index in [0.717, 1.165) is 30.0 Å². The number of carbonyl (C=O) groups is 2. The average molecular weight is 368 g/mol. The second-order valence-corrected chi connectivity index (χ2v) is 6.30. The van der Waals surface area contributed by atoms with Gasteiger partial charge in [-0.3, -0.25) is 4.79 Å². The Labute approximate surface area is 158 Å². The number of amides is 3. The van der Waals surface area contributed by atoms with Crippen LogP contribution in [-0.2, 0) is 11.2 Å². The molecule has 0 saturated carbocycles. The Bertz CT molecular complexity index is 775. The molecule has 1 aliphatic heterocycles. The molecule has 7 heteroatoms. The van der Waals surface area contributed by atoms with Crippen molar-refractivity contribution < 1.29 is 14.3 Å². The highest BCUT2D eigenvalue weighted by Crippen LogP contribution is 2.18. The molecule has 27 heavy (non-hydrogen) atoms. The molecule has 2 aromatic carbocycles. The number of anilines is 2. The number of hydrogen-bond donors (Lipinski definition) is 3. The van der Waals surface area contributed by atoms with Gasteiger partial charge in [0.05, 0.1) is 13.7 Å². The van der Waals surface area contributed by atoms with E-state index >= 15 is 0 Å². The van der Waals surface area contributed by atoms with E-state index in [1.165, 1.54) is 0 Å². The molecule has 0 unspecified atom stereocenters. The largest absolute Gasteiger partial charge is 0.497 e. The Morgan fingerprint density at radius 1 is 1.15 bits per heavy atom. The molecule has 1 fully saturated rings. The van der Waals surface area contributed by atoms with Crippen LogP contribution in [0, 0.1) is 0 Å². The van der Waals surface area contributed by atoms with Gasteiger partial charge in [-0.1, -0.05) is 12.1 Å². The van der Waals surface area contributed by atoms with Crippen molar-refractivity contribution in [2.45, 2.75) is 6.42 Å². The van der Waals surface area contributed by atoms with Crippen molar-refractivity contribution in [2.24, 2.45) is 0 Å². The Hall–Kier alpha value is -3.22. The summed E-state index contributed by atoms with van der Waals surface area (Å²) in [6, 6.07) is 15.0. The van der Waals surface area contributed by atoms with Crippen molar-refractivity contribution >= 4 is 23.3 Å². The Morgan fingerprint density at radius 3 is 2.56 bits per heavy atom. The molecule has 0 aromatic heterocycles. The highest BCUT2D eigenvalue weighted by molar-refractivity contribution is 5.89. The van der Waals surface area contributed by atoms with E-state index in [-0.39, 0.29) is 11.9 Å². The lowest BCUT2D eigenvalue weighted by Crippen LogP contribution is -2.47. The van der Waals surface area contributed by atoms with Crippen LogP contribution in [0.1, 0.15) is 5.56 Å². The smallest absolute Gasteiger partial charge is 0.319 e.